The van der Waals surface area contributed by atoms with Crippen molar-refractivity contribution in [1.29, 1.82) is 0 Å². The molecule has 0 saturated carbocycles. The van der Waals surface area contributed by atoms with E-state index in [1.54, 1.807) is 24.1 Å². The molecular formula is C26H34N4O4. The summed E-state index contributed by atoms with van der Waals surface area (Å²) >= 11 is 0. The molecule has 2 aromatic rings. The van der Waals surface area contributed by atoms with Gasteiger partial charge in [0, 0.05) is 43.9 Å². The molecule has 0 unspecified atom stereocenters. The lowest BCUT2D eigenvalue weighted by atomic mass is 9.83. The molecule has 8 nitrogen and oxygen atoms in total. The van der Waals surface area contributed by atoms with Crippen molar-refractivity contribution < 1.29 is 14.3 Å². The summed E-state index contributed by atoms with van der Waals surface area (Å²) < 4.78 is 7.02. The highest BCUT2D eigenvalue weighted by Gasteiger charge is 2.37. The Morgan fingerprint density at radius 1 is 1.09 bits per heavy atom. The van der Waals surface area contributed by atoms with E-state index in [-0.39, 0.29) is 35.3 Å². The van der Waals surface area contributed by atoms with Crippen LogP contribution in [0, 0.1) is 11.8 Å². The molecule has 1 aromatic carbocycles. The standard InChI is InChI=1S/C26H34N4O4/c1-17(2)24(25(32)27-12-11-18-7-9-21(34-3)10-8-18)28-26(33)29-14-19-13-20(16-29)22-5-4-6-23(31)30(22)15-19/h4-10,17,19-20,24H,11-16H2,1-3H3,(H,27,32)(H,28,33)/t19-,20+,24-/m1/s1. The summed E-state index contributed by atoms with van der Waals surface area (Å²) in [5, 5.41) is 5.93. The van der Waals surface area contributed by atoms with Gasteiger partial charge in [-0.25, -0.2) is 4.79 Å². The number of likely N-dealkylation sites (tertiary alicyclic amines) is 1. The average Bonchev–Trinajstić information content (AvgIpc) is 2.83. The zero-order chi connectivity index (χ0) is 24.2. The number of amides is 3. The normalized spacial score (nSPS) is 19.8. The van der Waals surface area contributed by atoms with E-state index in [9.17, 15) is 14.4 Å². The molecule has 8 heteroatoms. The van der Waals surface area contributed by atoms with Gasteiger partial charge in [0.2, 0.25) is 5.91 Å². The van der Waals surface area contributed by atoms with Crippen molar-refractivity contribution in [3.05, 3.63) is 64.1 Å². The molecule has 3 amide bonds. The molecule has 2 N–H and O–H groups in total. The van der Waals surface area contributed by atoms with E-state index in [0.717, 1.165) is 23.4 Å². The van der Waals surface area contributed by atoms with Gasteiger partial charge in [-0.1, -0.05) is 32.0 Å². The van der Waals surface area contributed by atoms with Crippen LogP contribution in [0.5, 0.6) is 5.75 Å². The molecule has 3 heterocycles. The number of benzene rings is 1. The number of urea groups is 1. The monoisotopic (exact) mass is 466 g/mol. The summed E-state index contributed by atoms with van der Waals surface area (Å²) in [4.78, 5) is 40.1. The van der Waals surface area contributed by atoms with Gasteiger partial charge in [-0.2, -0.15) is 0 Å². The van der Waals surface area contributed by atoms with Crippen molar-refractivity contribution in [2.24, 2.45) is 11.8 Å². The number of rotatable bonds is 7. The SMILES string of the molecule is COc1ccc(CCNC(=O)[C@H](NC(=O)N2C[C@H]3C[C@@H](C2)c2cccc(=O)n2C3)C(C)C)cc1. The lowest BCUT2D eigenvalue weighted by Gasteiger charge is -2.43. The second-order valence-corrected chi connectivity index (χ2v) is 9.66. The molecule has 1 aromatic heterocycles. The highest BCUT2D eigenvalue weighted by atomic mass is 16.5. The second-order valence-electron chi connectivity index (χ2n) is 9.66. The van der Waals surface area contributed by atoms with Crippen molar-refractivity contribution in [1.82, 2.24) is 20.1 Å². The Morgan fingerprint density at radius 3 is 2.56 bits per heavy atom. The van der Waals surface area contributed by atoms with Gasteiger partial charge in [0.05, 0.1) is 7.11 Å². The van der Waals surface area contributed by atoms with Crippen molar-refractivity contribution in [2.75, 3.05) is 26.7 Å². The number of nitrogens with one attached hydrogen (secondary N) is 2. The fraction of sp³-hybridized carbons (Fsp3) is 0.500. The summed E-state index contributed by atoms with van der Waals surface area (Å²) in [6, 6.07) is 12.3. The molecule has 0 spiro atoms. The topological polar surface area (TPSA) is 92.7 Å². The highest BCUT2D eigenvalue weighted by Crippen LogP contribution is 2.34. The minimum absolute atomic E-state index is 0.0243. The van der Waals surface area contributed by atoms with Crippen molar-refractivity contribution in [2.45, 2.75) is 45.2 Å². The van der Waals surface area contributed by atoms with Crippen LogP contribution < -0.4 is 20.9 Å². The Bertz CT molecular complexity index is 1080. The van der Waals surface area contributed by atoms with Gasteiger partial charge in [-0.3, -0.25) is 9.59 Å². The number of pyridine rings is 1. The Hall–Kier alpha value is -3.29. The van der Waals surface area contributed by atoms with E-state index in [4.69, 9.17) is 4.74 Å². The smallest absolute Gasteiger partial charge is 0.318 e. The number of fused-ring (bicyclic) bond motifs is 4. The van der Waals surface area contributed by atoms with Crippen LogP contribution in [0.1, 0.15) is 37.4 Å². The first-order chi connectivity index (χ1) is 16.4. The molecule has 3 atom stereocenters. The van der Waals surface area contributed by atoms with Gasteiger partial charge < -0.3 is 24.8 Å². The van der Waals surface area contributed by atoms with Crippen LogP contribution in [0.3, 0.4) is 0 Å². The van der Waals surface area contributed by atoms with E-state index >= 15 is 0 Å². The van der Waals surface area contributed by atoms with Crippen molar-refractivity contribution in [3.63, 3.8) is 0 Å². The number of hydrogen-bond donors (Lipinski definition) is 2. The number of methoxy groups -OCH3 is 1. The Balaban J connectivity index is 1.33. The van der Waals surface area contributed by atoms with Crippen LogP contribution in [0.25, 0.3) is 0 Å². The van der Waals surface area contributed by atoms with Crippen LogP contribution >= 0.6 is 0 Å². The van der Waals surface area contributed by atoms with Crippen LogP contribution in [0.4, 0.5) is 4.79 Å². The predicted molar refractivity (Wildman–Crippen MR) is 130 cm³/mol. The third-order valence-electron chi connectivity index (χ3n) is 6.87. The minimum Gasteiger partial charge on any atom is -0.497 e. The van der Waals surface area contributed by atoms with E-state index < -0.39 is 6.04 Å². The summed E-state index contributed by atoms with van der Waals surface area (Å²) in [6.07, 6.45) is 1.68. The quantitative estimate of drug-likeness (QED) is 0.655. The number of carbonyl (C=O) groups is 2. The fourth-order valence-corrected chi connectivity index (χ4v) is 5.05. The van der Waals surface area contributed by atoms with E-state index in [1.807, 2.05) is 48.7 Å². The molecule has 182 valence electrons. The number of nitrogens with zero attached hydrogens (tertiary/aromatic N) is 2. The minimum atomic E-state index is -0.611. The van der Waals surface area contributed by atoms with Gasteiger partial charge in [0.1, 0.15) is 11.8 Å². The lowest BCUT2D eigenvalue weighted by molar-refractivity contribution is -0.123. The first kappa shape index (κ1) is 23.9. The van der Waals surface area contributed by atoms with E-state index in [1.165, 1.54) is 0 Å². The third kappa shape index (κ3) is 5.26. The van der Waals surface area contributed by atoms with Gasteiger partial charge in [-0.05, 0) is 48.4 Å². The van der Waals surface area contributed by atoms with Crippen molar-refractivity contribution in [3.8, 4) is 5.75 Å². The first-order valence-corrected chi connectivity index (χ1v) is 12.0. The molecule has 1 fully saturated rings. The largest absolute Gasteiger partial charge is 0.497 e. The van der Waals surface area contributed by atoms with Crippen LogP contribution in [0.15, 0.2) is 47.3 Å². The van der Waals surface area contributed by atoms with Gasteiger partial charge in [-0.15, -0.1) is 0 Å². The molecule has 2 bridgehead atoms. The molecule has 2 aliphatic heterocycles. The fourth-order valence-electron chi connectivity index (χ4n) is 5.05. The van der Waals surface area contributed by atoms with Crippen molar-refractivity contribution >= 4 is 11.9 Å². The van der Waals surface area contributed by atoms with Gasteiger partial charge >= 0.3 is 6.03 Å². The molecular weight excluding hydrogens is 432 g/mol. The number of hydrogen-bond acceptors (Lipinski definition) is 4. The van der Waals surface area contributed by atoms with Crippen LogP contribution in [-0.4, -0.2) is 54.2 Å². The molecule has 4 rings (SSSR count). The molecule has 2 aliphatic rings. The molecule has 0 radical (unpaired) electrons. The van der Waals surface area contributed by atoms with E-state index in [0.29, 0.717) is 32.6 Å². The average molecular weight is 467 g/mol. The van der Waals surface area contributed by atoms with Crippen LogP contribution in [-0.2, 0) is 17.8 Å². The highest BCUT2D eigenvalue weighted by molar-refractivity contribution is 5.87. The number of aromatic nitrogens is 1. The van der Waals surface area contributed by atoms with Gasteiger partial charge in [0.25, 0.3) is 5.56 Å². The lowest BCUT2D eigenvalue weighted by Crippen LogP contribution is -2.57. The third-order valence-corrected chi connectivity index (χ3v) is 6.87. The summed E-state index contributed by atoms with van der Waals surface area (Å²) in [5.74, 6) is 0.961. The zero-order valence-corrected chi connectivity index (χ0v) is 20.1. The number of carbonyl (C=O) groups excluding carboxylic acids is 2. The molecule has 0 aliphatic carbocycles. The Kier molecular flexibility index (Phi) is 7.24. The maximum atomic E-state index is 13.1. The Morgan fingerprint density at radius 2 is 1.85 bits per heavy atom. The van der Waals surface area contributed by atoms with Gasteiger partial charge in [0.15, 0.2) is 0 Å². The Labute approximate surface area is 200 Å². The zero-order valence-electron chi connectivity index (χ0n) is 20.1. The maximum absolute atomic E-state index is 13.1. The summed E-state index contributed by atoms with van der Waals surface area (Å²) in [6.45, 7) is 6.13. The summed E-state index contributed by atoms with van der Waals surface area (Å²) in [5.41, 5.74) is 2.12. The van der Waals surface area contributed by atoms with Crippen LogP contribution in [0.2, 0.25) is 0 Å². The number of piperidine rings is 1. The number of ether oxygens (including phenoxy) is 1. The summed E-state index contributed by atoms with van der Waals surface area (Å²) in [7, 11) is 1.63. The molecule has 34 heavy (non-hydrogen) atoms. The van der Waals surface area contributed by atoms with E-state index in [2.05, 4.69) is 10.6 Å². The molecule has 1 saturated heterocycles. The second kappa shape index (κ2) is 10.3. The first-order valence-electron chi connectivity index (χ1n) is 12.0. The predicted octanol–water partition coefficient (Wildman–Crippen LogP) is 2.37. The maximum Gasteiger partial charge on any atom is 0.318 e.